The van der Waals surface area contributed by atoms with Crippen LogP contribution in [0.3, 0.4) is 0 Å². The first-order valence-electron chi connectivity index (χ1n) is 10.4. The van der Waals surface area contributed by atoms with Crippen molar-refractivity contribution >= 4 is 44.7 Å². The van der Waals surface area contributed by atoms with Crippen LogP contribution in [0.1, 0.15) is 24.4 Å². The average Bonchev–Trinajstić information content (AvgIpc) is 3.22. The molecule has 4 aromatic rings. The number of nitriles is 1. The van der Waals surface area contributed by atoms with Crippen molar-refractivity contribution in [3.05, 3.63) is 69.6 Å². The van der Waals surface area contributed by atoms with Crippen molar-refractivity contribution in [1.82, 2.24) is 14.4 Å². The number of allylic oxidation sites excluding steroid dienone is 1. The third-order valence-electron chi connectivity index (χ3n) is 5.40. The molecule has 3 aromatic heterocycles. The number of morpholine rings is 1. The highest BCUT2D eigenvalue weighted by Crippen LogP contribution is 2.30. The van der Waals surface area contributed by atoms with Gasteiger partial charge in [0.1, 0.15) is 22.5 Å². The number of thiazole rings is 1. The van der Waals surface area contributed by atoms with Crippen LogP contribution in [0.25, 0.3) is 27.5 Å². The zero-order chi connectivity index (χ0) is 22.2. The molecule has 4 heterocycles. The highest BCUT2D eigenvalue weighted by Gasteiger charge is 2.26. The molecule has 32 heavy (non-hydrogen) atoms. The Labute approximate surface area is 188 Å². The molecule has 0 bridgehead atoms. The molecule has 0 aliphatic carbocycles. The zero-order valence-electron chi connectivity index (χ0n) is 17.7. The standard InChI is InChI=1S/C24H21N5O2S/c1-15-13-28(14-16(2)31-15)22-18(24(30)29-10-6-5-9-21(29)27-22)11-17(12-25)23-26-19-7-3-4-8-20(19)32-23/h3-11,15-16H,13-14H2,1-2H3/b17-11+/t15-,16-/m1/s1. The molecule has 1 aliphatic heterocycles. The number of anilines is 1. The molecular formula is C24H21N5O2S. The second-order valence-corrected chi connectivity index (χ2v) is 8.93. The highest BCUT2D eigenvalue weighted by atomic mass is 32.1. The molecule has 7 nitrogen and oxygen atoms in total. The largest absolute Gasteiger partial charge is 0.372 e. The topological polar surface area (TPSA) is 83.5 Å². The van der Waals surface area contributed by atoms with Crippen LogP contribution in [0.2, 0.25) is 0 Å². The Morgan fingerprint density at radius 2 is 1.91 bits per heavy atom. The molecule has 0 saturated carbocycles. The molecule has 1 fully saturated rings. The van der Waals surface area contributed by atoms with Crippen LogP contribution < -0.4 is 10.5 Å². The predicted octanol–water partition coefficient (Wildman–Crippen LogP) is 3.98. The van der Waals surface area contributed by atoms with Crippen molar-refractivity contribution in [3.8, 4) is 6.07 Å². The van der Waals surface area contributed by atoms with Gasteiger partial charge in [-0.2, -0.15) is 5.26 Å². The van der Waals surface area contributed by atoms with Crippen LogP contribution in [-0.4, -0.2) is 39.7 Å². The summed E-state index contributed by atoms with van der Waals surface area (Å²) < 4.78 is 8.38. The molecule has 0 unspecified atom stereocenters. The maximum atomic E-state index is 13.5. The number of hydrogen-bond donors (Lipinski definition) is 0. The number of ether oxygens (including phenoxy) is 1. The second kappa shape index (κ2) is 8.19. The Morgan fingerprint density at radius 1 is 1.16 bits per heavy atom. The van der Waals surface area contributed by atoms with Crippen LogP contribution >= 0.6 is 11.3 Å². The number of hydrogen-bond acceptors (Lipinski definition) is 7. The van der Waals surface area contributed by atoms with Crippen molar-refractivity contribution in [1.29, 1.82) is 5.26 Å². The molecule has 160 valence electrons. The molecule has 2 atom stereocenters. The molecule has 0 N–H and O–H groups in total. The molecule has 8 heteroatoms. The van der Waals surface area contributed by atoms with E-state index >= 15 is 0 Å². The molecule has 1 aromatic carbocycles. The van der Waals surface area contributed by atoms with Gasteiger partial charge in [0.05, 0.1) is 33.6 Å². The Hall–Kier alpha value is -3.54. The second-order valence-electron chi connectivity index (χ2n) is 7.90. The minimum atomic E-state index is -0.216. The summed E-state index contributed by atoms with van der Waals surface area (Å²) >= 11 is 1.44. The number of nitrogens with zero attached hydrogens (tertiary/aromatic N) is 5. The van der Waals surface area contributed by atoms with Gasteiger partial charge >= 0.3 is 0 Å². The lowest BCUT2D eigenvalue weighted by molar-refractivity contribution is -0.00546. The summed E-state index contributed by atoms with van der Waals surface area (Å²) in [5, 5.41) is 10.5. The first kappa shape index (κ1) is 20.4. The van der Waals surface area contributed by atoms with Gasteiger partial charge in [-0.15, -0.1) is 11.3 Å². The van der Waals surface area contributed by atoms with Crippen LogP contribution in [0.4, 0.5) is 5.82 Å². The van der Waals surface area contributed by atoms with Gasteiger partial charge in [-0.1, -0.05) is 18.2 Å². The third kappa shape index (κ3) is 3.66. The van der Waals surface area contributed by atoms with E-state index in [-0.39, 0.29) is 17.8 Å². The number of para-hydroxylation sites is 1. The average molecular weight is 444 g/mol. The van der Waals surface area contributed by atoms with Gasteiger partial charge in [0, 0.05) is 19.3 Å². The summed E-state index contributed by atoms with van der Waals surface area (Å²) in [4.78, 5) is 25.0. The molecule has 1 saturated heterocycles. The summed E-state index contributed by atoms with van der Waals surface area (Å²) in [6, 6.07) is 15.4. The van der Waals surface area contributed by atoms with Gasteiger partial charge in [-0.25, -0.2) is 9.97 Å². The quantitative estimate of drug-likeness (QED) is 0.446. The van der Waals surface area contributed by atoms with Gasteiger partial charge in [0.25, 0.3) is 5.56 Å². The van der Waals surface area contributed by atoms with Crippen molar-refractivity contribution in [2.24, 2.45) is 0 Å². The van der Waals surface area contributed by atoms with E-state index in [0.29, 0.717) is 40.7 Å². The number of benzene rings is 1. The first-order valence-corrected chi connectivity index (χ1v) is 11.2. The molecule has 0 spiro atoms. The van der Waals surface area contributed by atoms with E-state index in [1.54, 1.807) is 18.3 Å². The lowest BCUT2D eigenvalue weighted by atomic mass is 10.1. The number of pyridine rings is 1. The Kier molecular flexibility index (Phi) is 5.21. The minimum Gasteiger partial charge on any atom is -0.372 e. The van der Waals surface area contributed by atoms with E-state index < -0.39 is 0 Å². The third-order valence-corrected chi connectivity index (χ3v) is 6.47. The van der Waals surface area contributed by atoms with E-state index in [0.717, 1.165) is 10.2 Å². The van der Waals surface area contributed by atoms with Gasteiger partial charge in [-0.05, 0) is 44.2 Å². The molecule has 0 radical (unpaired) electrons. The Bertz CT molecular complexity index is 1410. The summed E-state index contributed by atoms with van der Waals surface area (Å²) in [7, 11) is 0. The van der Waals surface area contributed by atoms with Gasteiger partial charge in [0.15, 0.2) is 0 Å². The predicted molar refractivity (Wildman–Crippen MR) is 127 cm³/mol. The van der Waals surface area contributed by atoms with Gasteiger partial charge in [0.2, 0.25) is 0 Å². The zero-order valence-corrected chi connectivity index (χ0v) is 18.5. The fraction of sp³-hybridized carbons (Fsp3) is 0.250. The van der Waals surface area contributed by atoms with Gasteiger partial charge < -0.3 is 9.64 Å². The lowest BCUT2D eigenvalue weighted by Gasteiger charge is -2.36. The molecular weight excluding hydrogens is 422 g/mol. The number of fused-ring (bicyclic) bond motifs is 2. The maximum Gasteiger partial charge on any atom is 0.267 e. The van der Waals surface area contributed by atoms with Crippen LogP contribution in [0, 0.1) is 11.3 Å². The van der Waals surface area contributed by atoms with E-state index in [1.807, 2.05) is 50.2 Å². The lowest BCUT2D eigenvalue weighted by Crippen LogP contribution is -2.46. The monoisotopic (exact) mass is 443 g/mol. The number of aromatic nitrogens is 3. The van der Waals surface area contributed by atoms with Crippen molar-refractivity contribution in [3.63, 3.8) is 0 Å². The van der Waals surface area contributed by atoms with Crippen LogP contribution in [-0.2, 0) is 4.74 Å². The summed E-state index contributed by atoms with van der Waals surface area (Å²) in [5.41, 5.74) is 1.90. The minimum absolute atomic E-state index is 0.00584. The smallest absolute Gasteiger partial charge is 0.267 e. The normalized spacial score (nSPS) is 19.4. The SMILES string of the molecule is C[C@@H]1CN(c2nc3ccccn3c(=O)c2/C=C(\C#N)c2nc3ccccc3s2)C[C@@H](C)O1. The molecule has 0 amide bonds. The maximum absolute atomic E-state index is 13.5. The van der Waals surface area contributed by atoms with E-state index in [2.05, 4.69) is 16.0 Å². The highest BCUT2D eigenvalue weighted by molar-refractivity contribution is 7.19. The molecule has 5 rings (SSSR count). The Balaban J connectivity index is 1.71. The summed E-state index contributed by atoms with van der Waals surface area (Å²) in [5.74, 6) is 0.567. The van der Waals surface area contributed by atoms with E-state index in [1.165, 1.54) is 15.7 Å². The van der Waals surface area contributed by atoms with Crippen molar-refractivity contribution in [2.75, 3.05) is 18.0 Å². The Morgan fingerprint density at radius 3 is 2.66 bits per heavy atom. The van der Waals surface area contributed by atoms with Crippen molar-refractivity contribution in [2.45, 2.75) is 26.1 Å². The fourth-order valence-corrected chi connectivity index (χ4v) is 5.01. The summed E-state index contributed by atoms with van der Waals surface area (Å²) in [6.45, 7) is 5.25. The van der Waals surface area contributed by atoms with Crippen LogP contribution in [0.15, 0.2) is 53.5 Å². The van der Waals surface area contributed by atoms with Crippen molar-refractivity contribution < 1.29 is 4.74 Å². The first-order chi connectivity index (χ1) is 15.5. The van der Waals surface area contributed by atoms with Crippen LogP contribution in [0.5, 0.6) is 0 Å². The van der Waals surface area contributed by atoms with Gasteiger partial charge in [-0.3, -0.25) is 9.20 Å². The molecule has 1 aliphatic rings. The van der Waals surface area contributed by atoms with E-state index in [9.17, 15) is 10.1 Å². The fourth-order valence-electron chi connectivity index (χ4n) is 4.08. The van der Waals surface area contributed by atoms with E-state index in [4.69, 9.17) is 9.72 Å². The number of rotatable bonds is 3. The summed E-state index contributed by atoms with van der Waals surface area (Å²) in [6.07, 6.45) is 3.34.